The van der Waals surface area contributed by atoms with E-state index in [0.717, 1.165) is 4.47 Å². The molecule has 1 atom stereocenters. The Bertz CT molecular complexity index is 452. The molecule has 0 aliphatic carbocycles. The van der Waals surface area contributed by atoms with Crippen LogP contribution in [0.15, 0.2) is 22.7 Å². The number of benzene rings is 1. The van der Waals surface area contributed by atoms with E-state index in [2.05, 4.69) is 26.6 Å². The third kappa shape index (κ3) is 5.38. The van der Waals surface area contributed by atoms with Gasteiger partial charge in [-0.25, -0.2) is 4.79 Å². The second-order valence-corrected chi connectivity index (χ2v) is 5.74. The number of methoxy groups -OCH3 is 1. The molecule has 1 aromatic carbocycles. The Morgan fingerprint density at radius 3 is 2.75 bits per heavy atom. The molecule has 0 radical (unpaired) electrons. The summed E-state index contributed by atoms with van der Waals surface area (Å²) in [5.41, 5.74) is 0.587. The number of anilines is 1. The van der Waals surface area contributed by atoms with Crippen molar-refractivity contribution in [3.05, 3.63) is 22.7 Å². The Morgan fingerprint density at radius 2 is 2.15 bits per heavy atom. The number of aliphatic hydroxyl groups excluding tert-OH is 1. The van der Waals surface area contributed by atoms with Crippen LogP contribution in [-0.2, 0) is 0 Å². The summed E-state index contributed by atoms with van der Waals surface area (Å²) in [7, 11) is 1.55. The number of amides is 2. The van der Waals surface area contributed by atoms with Crippen LogP contribution in [0.5, 0.6) is 5.75 Å². The molecule has 0 bridgehead atoms. The molecule has 0 aromatic heterocycles. The van der Waals surface area contributed by atoms with E-state index in [1.54, 1.807) is 19.2 Å². The molecule has 0 saturated heterocycles. The minimum Gasteiger partial charge on any atom is -0.495 e. The van der Waals surface area contributed by atoms with Gasteiger partial charge in [-0.3, -0.25) is 0 Å². The SMILES string of the molecule is COc1ccc(Br)cc1NC(=O)NCCC(O)C(C)C. The molecule has 5 nitrogen and oxygen atoms in total. The highest BCUT2D eigenvalue weighted by Gasteiger charge is 2.11. The van der Waals surface area contributed by atoms with Gasteiger partial charge in [0, 0.05) is 11.0 Å². The molecule has 0 saturated carbocycles. The van der Waals surface area contributed by atoms with Gasteiger partial charge in [-0.15, -0.1) is 0 Å². The zero-order valence-electron chi connectivity index (χ0n) is 11.9. The van der Waals surface area contributed by atoms with E-state index < -0.39 is 6.10 Å². The number of halogens is 1. The van der Waals surface area contributed by atoms with E-state index in [9.17, 15) is 9.90 Å². The van der Waals surface area contributed by atoms with Gasteiger partial charge in [-0.2, -0.15) is 0 Å². The first kappa shape index (κ1) is 16.8. The summed E-state index contributed by atoms with van der Waals surface area (Å²) in [5.74, 6) is 0.774. The first-order valence-corrected chi connectivity index (χ1v) is 7.29. The highest BCUT2D eigenvalue weighted by atomic mass is 79.9. The van der Waals surface area contributed by atoms with Gasteiger partial charge in [0.05, 0.1) is 18.9 Å². The summed E-state index contributed by atoms with van der Waals surface area (Å²) in [4.78, 5) is 11.8. The molecular formula is C14H21BrN2O3. The standard InChI is InChI=1S/C14H21BrN2O3/c1-9(2)12(18)6-7-16-14(19)17-11-8-10(15)4-5-13(11)20-3/h4-5,8-9,12,18H,6-7H2,1-3H3,(H2,16,17,19). The molecule has 3 N–H and O–H groups in total. The van der Waals surface area contributed by atoms with E-state index in [4.69, 9.17) is 4.74 Å². The fourth-order valence-electron chi connectivity index (χ4n) is 1.61. The monoisotopic (exact) mass is 344 g/mol. The molecule has 0 aliphatic rings. The van der Waals surface area contributed by atoms with Crippen LogP contribution in [0.25, 0.3) is 0 Å². The van der Waals surface area contributed by atoms with Gasteiger partial charge in [0.25, 0.3) is 0 Å². The van der Waals surface area contributed by atoms with Gasteiger partial charge in [-0.1, -0.05) is 29.8 Å². The lowest BCUT2D eigenvalue weighted by Gasteiger charge is -2.15. The zero-order valence-corrected chi connectivity index (χ0v) is 13.5. The fraction of sp³-hybridized carbons (Fsp3) is 0.500. The van der Waals surface area contributed by atoms with E-state index in [1.165, 1.54) is 0 Å². The number of carbonyl (C=O) groups is 1. The summed E-state index contributed by atoms with van der Waals surface area (Å²) in [5, 5.41) is 15.1. The van der Waals surface area contributed by atoms with Gasteiger partial charge in [0.2, 0.25) is 0 Å². The zero-order chi connectivity index (χ0) is 15.1. The lowest BCUT2D eigenvalue weighted by molar-refractivity contribution is 0.117. The van der Waals surface area contributed by atoms with Gasteiger partial charge < -0.3 is 20.5 Å². The Kier molecular flexibility index (Phi) is 6.81. The number of hydrogen-bond acceptors (Lipinski definition) is 3. The van der Waals surface area contributed by atoms with Crippen LogP contribution in [0.4, 0.5) is 10.5 Å². The number of urea groups is 1. The highest BCUT2D eigenvalue weighted by molar-refractivity contribution is 9.10. The second-order valence-electron chi connectivity index (χ2n) is 4.83. The van der Waals surface area contributed by atoms with Crippen LogP contribution in [0.3, 0.4) is 0 Å². The Labute approximate surface area is 127 Å². The minimum atomic E-state index is -0.407. The summed E-state index contributed by atoms with van der Waals surface area (Å²) in [6, 6.07) is 5.04. The van der Waals surface area contributed by atoms with Gasteiger partial charge in [0.15, 0.2) is 0 Å². The predicted molar refractivity (Wildman–Crippen MR) is 83.2 cm³/mol. The molecule has 20 heavy (non-hydrogen) atoms. The average Bonchev–Trinajstić information content (AvgIpc) is 2.38. The summed E-state index contributed by atoms with van der Waals surface area (Å²) >= 11 is 3.34. The smallest absolute Gasteiger partial charge is 0.319 e. The first-order chi connectivity index (χ1) is 9.43. The molecule has 1 unspecified atom stereocenters. The maximum atomic E-state index is 11.8. The lowest BCUT2D eigenvalue weighted by atomic mass is 10.0. The molecule has 1 rings (SSSR count). The largest absolute Gasteiger partial charge is 0.495 e. The van der Waals surface area contributed by atoms with Crippen LogP contribution >= 0.6 is 15.9 Å². The molecule has 0 heterocycles. The predicted octanol–water partition coefficient (Wildman–Crippen LogP) is 2.99. The molecule has 6 heteroatoms. The van der Waals surface area contributed by atoms with E-state index in [1.807, 2.05) is 19.9 Å². The number of hydrogen-bond donors (Lipinski definition) is 3. The quantitative estimate of drug-likeness (QED) is 0.742. The summed E-state index contributed by atoms with van der Waals surface area (Å²) in [6.07, 6.45) is 0.122. The molecule has 0 spiro atoms. The summed E-state index contributed by atoms with van der Waals surface area (Å²) in [6.45, 7) is 4.30. The van der Waals surface area contributed by atoms with Crippen molar-refractivity contribution < 1.29 is 14.6 Å². The van der Waals surface area contributed by atoms with Crippen molar-refractivity contribution in [2.75, 3.05) is 19.0 Å². The average molecular weight is 345 g/mol. The molecule has 112 valence electrons. The number of aliphatic hydroxyl groups is 1. The number of rotatable bonds is 6. The van der Waals surface area contributed by atoms with E-state index in [0.29, 0.717) is 24.4 Å². The third-order valence-corrected chi connectivity index (χ3v) is 3.40. The Hall–Kier alpha value is -1.27. The van der Waals surface area contributed by atoms with E-state index in [-0.39, 0.29) is 11.9 Å². The van der Waals surface area contributed by atoms with Crippen molar-refractivity contribution in [2.24, 2.45) is 5.92 Å². The molecule has 0 aliphatic heterocycles. The maximum absolute atomic E-state index is 11.8. The second kappa shape index (κ2) is 8.11. The van der Waals surface area contributed by atoms with Crippen LogP contribution in [0.1, 0.15) is 20.3 Å². The normalized spacial score (nSPS) is 12.1. The molecular weight excluding hydrogens is 324 g/mol. The van der Waals surface area contributed by atoms with Crippen LogP contribution in [0, 0.1) is 5.92 Å². The van der Waals surface area contributed by atoms with Gasteiger partial charge >= 0.3 is 6.03 Å². The minimum absolute atomic E-state index is 0.185. The van der Waals surface area contributed by atoms with Crippen molar-refractivity contribution in [2.45, 2.75) is 26.4 Å². The summed E-state index contributed by atoms with van der Waals surface area (Å²) < 4.78 is 6.02. The van der Waals surface area contributed by atoms with Crippen molar-refractivity contribution in [1.82, 2.24) is 5.32 Å². The lowest BCUT2D eigenvalue weighted by Crippen LogP contribution is -2.32. The Morgan fingerprint density at radius 1 is 1.45 bits per heavy atom. The van der Waals surface area contributed by atoms with Crippen molar-refractivity contribution >= 4 is 27.6 Å². The van der Waals surface area contributed by atoms with Crippen molar-refractivity contribution in [3.8, 4) is 5.75 Å². The topological polar surface area (TPSA) is 70.6 Å². The third-order valence-electron chi connectivity index (χ3n) is 2.90. The Balaban J connectivity index is 2.48. The van der Waals surface area contributed by atoms with E-state index >= 15 is 0 Å². The van der Waals surface area contributed by atoms with Crippen molar-refractivity contribution in [1.29, 1.82) is 0 Å². The van der Waals surface area contributed by atoms with Gasteiger partial charge in [-0.05, 0) is 30.5 Å². The first-order valence-electron chi connectivity index (χ1n) is 6.50. The number of ether oxygens (including phenoxy) is 1. The van der Waals surface area contributed by atoms with Crippen LogP contribution in [-0.4, -0.2) is 30.9 Å². The maximum Gasteiger partial charge on any atom is 0.319 e. The molecule has 0 fully saturated rings. The van der Waals surface area contributed by atoms with Crippen molar-refractivity contribution in [3.63, 3.8) is 0 Å². The number of nitrogens with one attached hydrogen (secondary N) is 2. The number of carbonyl (C=O) groups excluding carboxylic acids is 1. The van der Waals surface area contributed by atoms with Gasteiger partial charge in [0.1, 0.15) is 5.75 Å². The fourth-order valence-corrected chi connectivity index (χ4v) is 1.97. The van der Waals surface area contributed by atoms with Crippen LogP contribution in [0.2, 0.25) is 0 Å². The molecule has 1 aromatic rings. The molecule has 2 amide bonds. The highest BCUT2D eigenvalue weighted by Crippen LogP contribution is 2.27. The van der Waals surface area contributed by atoms with Crippen LogP contribution < -0.4 is 15.4 Å².